The summed E-state index contributed by atoms with van der Waals surface area (Å²) in [5.74, 6) is -2.13. The van der Waals surface area contributed by atoms with Crippen LogP contribution in [0.3, 0.4) is 0 Å². The summed E-state index contributed by atoms with van der Waals surface area (Å²) >= 11 is 5.72. The Balaban J connectivity index is 2.20. The highest BCUT2D eigenvalue weighted by molar-refractivity contribution is 6.30. The molecule has 0 saturated heterocycles. The van der Waals surface area contributed by atoms with Crippen LogP contribution in [0.15, 0.2) is 48.5 Å². The number of nitrogens with zero attached hydrogens (tertiary/aromatic N) is 1. The molecule has 2 atom stereocenters. The lowest BCUT2D eigenvalue weighted by Gasteiger charge is -2.24. The minimum atomic E-state index is -4.78. The molecule has 3 amide bonds. The molecule has 2 aromatic rings. The molecule has 0 radical (unpaired) electrons. The fraction of sp³-hybridized carbons (Fsp3) is 0.400. The van der Waals surface area contributed by atoms with Crippen molar-refractivity contribution in [3.63, 3.8) is 0 Å². The van der Waals surface area contributed by atoms with Crippen molar-refractivity contribution in [1.82, 2.24) is 10.2 Å². The van der Waals surface area contributed by atoms with Gasteiger partial charge in [-0.05, 0) is 36.6 Å². The van der Waals surface area contributed by atoms with E-state index in [-0.39, 0.29) is 44.0 Å². The molecule has 2 aromatic carbocycles. The van der Waals surface area contributed by atoms with Gasteiger partial charge in [0, 0.05) is 31.2 Å². The van der Waals surface area contributed by atoms with Crippen LogP contribution in [-0.4, -0.2) is 60.9 Å². The van der Waals surface area contributed by atoms with Crippen LogP contribution in [0.2, 0.25) is 5.02 Å². The first-order chi connectivity index (χ1) is 18.0. The quantitative estimate of drug-likeness (QED) is 0.253. The molecule has 0 aliphatic carbocycles. The van der Waals surface area contributed by atoms with Crippen molar-refractivity contribution in [1.29, 1.82) is 0 Å². The summed E-state index contributed by atoms with van der Waals surface area (Å²) < 4.78 is 40.5. The van der Waals surface area contributed by atoms with Crippen LogP contribution in [0.4, 0.5) is 18.9 Å². The van der Waals surface area contributed by atoms with Gasteiger partial charge in [0.2, 0.25) is 17.7 Å². The number of nitrogens with one attached hydrogen (secondary N) is 2. The monoisotopic (exact) mass is 556 g/mol. The molecule has 0 bridgehead atoms. The summed E-state index contributed by atoms with van der Waals surface area (Å²) in [7, 11) is 0. The van der Waals surface area contributed by atoms with Crippen LogP contribution in [0, 0.1) is 0 Å². The van der Waals surface area contributed by atoms with Gasteiger partial charge in [-0.15, -0.1) is 0 Å². The molecule has 0 spiro atoms. The highest BCUT2D eigenvalue weighted by atomic mass is 35.5. The van der Waals surface area contributed by atoms with E-state index in [0.717, 1.165) is 11.6 Å². The summed E-state index contributed by atoms with van der Waals surface area (Å²) in [6.45, 7) is 0.850. The average Bonchev–Trinajstić information content (AvgIpc) is 2.87. The maximum atomic E-state index is 13.5. The van der Waals surface area contributed by atoms with Crippen molar-refractivity contribution in [2.45, 2.75) is 37.5 Å². The molecule has 0 heterocycles. The Bertz CT molecular complexity index is 1080. The number of rotatable bonds is 13. The predicted molar refractivity (Wildman–Crippen MR) is 139 cm³/mol. The number of halogens is 4. The second-order valence-electron chi connectivity index (χ2n) is 8.53. The summed E-state index contributed by atoms with van der Waals surface area (Å²) in [6.07, 6.45) is -4.75. The van der Waals surface area contributed by atoms with Crippen LogP contribution >= 0.6 is 11.6 Å². The Morgan fingerprint density at radius 1 is 0.974 bits per heavy atom. The molecule has 9 nitrogen and oxygen atoms in total. The van der Waals surface area contributed by atoms with E-state index in [1.54, 1.807) is 12.1 Å². The van der Waals surface area contributed by atoms with Gasteiger partial charge in [0.25, 0.3) is 0 Å². The van der Waals surface area contributed by atoms with E-state index in [1.807, 2.05) is 18.2 Å². The van der Waals surface area contributed by atoms with Crippen molar-refractivity contribution < 1.29 is 27.6 Å². The number of alkyl halides is 3. The van der Waals surface area contributed by atoms with Crippen molar-refractivity contribution in [2.75, 3.05) is 31.5 Å². The highest BCUT2D eigenvalue weighted by Crippen LogP contribution is 2.36. The summed E-state index contributed by atoms with van der Waals surface area (Å²) in [6, 6.07) is 9.40. The number of hydrogen-bond donors (Lipinski definition) is 5. The molecule has 0 aromatic heterocycles. The molecule has 13 heteroatoms. The Labute approximate surface area is 223 Å². The summed E-state index contributed by atoms with van der Waals surface area (Å²) in [5.41, 5.74) is 16.2. The molecule has 0 fully saturated rings. The number of carbonyl (C=O) groups is 3. The third kappa shape index (κ3) is 9.60. The molecule has 0 saturated carbocycles. The van der Waals surface area contributed by atoms with Gasteiger partial charge in [-0.25, -0.2) is 0 Å². The lowest BCUT2D eigenvalue weighted by Crippen LogP contribution is -2.52. The van der Waals surface area contributed by atoms with E-state index in [2.05, 4.69) is 10.6 Å². The molecule has 0 aliphatic heterocycles. The molecular weight excluding hydrogens is 525 g/mol. The zero-order valence-electron chi connectivity index (χ0n) is 20.6. The number of benzene rings is 2. The molecule has 8 N–H and O–H groups in total. The lowest BCUT2D eigenvalue weighted by molar-refractivity contribution is -0.137. The van der Waals surface area contributed by atoms with E-state index < -0.39 is 47.2 Å². The Hall–Kier alpha value is -3.19. The van der Waals surface area contributed by atoms with Crippen LogP contribution in [0.5, 0.6) is 0 Å². The van der Waals surface area contributed by atoms with Crippen LogP contribution in [-0.2, 0) is 27.0 Å². The van der Waals surface area contributed by atoms with Gasteiger partial charge in [0.05, 0.1) is 23.7 Å². The standard InChI is InChI=1S/C25H32ClF3N6O3/c26-17-7-9-20(18(14-17)25(27,28)29)33-24(38)21(8-6-16-4-2-1-3-5-16)34-23(37)19(32)15-22(36)35(12-10-30)13-11-31/h1-5,7,9,14,19,21H,6,8,10-13,15,30-32H2,(H,33,38)(H,34,37). The van der Waals surface area contributed by atoms with Gasteiger partial charge in [0.15, 0.2) is 0 Å². The van der Waals surface area contributed by atoms with Gasteiger partial charge in [-0.3, -0.25) is 14.4 Å². The van der Waals surface area contributed by atoms with Gasteiger partial charge < -0.3 is 32.7 Å². The van der Waals surface area contributed by atoms with Gasteiger partial charge >= 0.3 is 6.18 Å². The third-order valence-corrected chi connectivity index (χ3v) is 5.86. The molecule has 2 rings (SSSR count). The lowest BCUT2D eigenvalue weighted by atomic mass is 10.0. The number of anilines is 1. The predicted octanol–water partition coefficient (Wildman–Crippen LogP) is 1.88. The van der Waals surface area contributed by atoms with Crippen molar-refractivity contribution >= 4 is 35.0 Å². The first kappa shape index (κ1) is 31.0. The topological polar surface area (TPSA) is 157 Å². The highest BCUT2D eigenvalue weighted by Gasteiger charge is 2.35. The zero-order chi connectivity index (χ0) is 28.3. The average molecular weight is 557 g/mol. The van der Waals surface area contributed by atoms with E-state index >= 15 is 0 Å². The van der Waals surface area contributed by atoms with Gasteiger partial charge in [-0.2, -0.15) is 13.2 Å². The minimum Gasteiger partial charge on any atom is -0.343 e. The second-order valence-corrected chi connectivity index (χ2v) is 8.97. The maximum absolute atomic E-state index is 13.5. The number of aryl methyl sites for hydroxylation is 1. The van der Waals surface area contributed by atoms with Gasteiger partial charge in [0.1, 0.15) is 6.04 Å². The van der Waals surface area contributed by atoms with Gasteiger partial charge in [-0.1, -0.05) is 41.9 Å². The zero-order valence-corrected chi connectivity index (χ0v) is 21.4. The van der Waals surface area contributed by atoms with E-state index in [9.17, 15) is 27.6 Å². The first-order valence-corrected chi connectivity index (χ1v) is 12.3. The first-order valence-electron chi connectivity index (χ1n) is 11.9. The smallest absolute Gasteiger partial charge is 0.343 e. The number of hydrogen-bond acceptors (Lipinski definition) is 6. The van der Waals surface area contributed by atoms with E-state index in [1.165, 1.54) is 11.0 Å². The van der Waals surface area contributed by atoms with Crippen molar-refractivity contribution in [2.24, 2.45) is 17.2 Å². The molecule has 208 valence electrons. The SMILES string of the molecule is NCCN(CCN)C(=O)CC(N)C(=O)NC(CCc1ccccc1)C(=O)Nc1ccc(Cl)cc1C(F)(F)F. The minimum absolute atomic E-state index is 0.0592. The maximum Gasteiger partial charge on any atom is 0.418 e. The molecule has 2 unspecified atom stereocenters. The molecule has 38 heavy (non-hydrogen) atoms. The van der Waals surface area contributed by atoms with Crippen LogP contribution in [0.1, 0.15) is 24.0 Å². The molecular formula is C25H32ClF3N6O3. The Kier molecular flexibility index (Phi) is 12.0. The fourth-order valence-corrected chi connectivity index (χ4v) is 3.84. The second kappa shape index (κ2) is 14.7. The number of amides is 3. The summed E-state index contributed by atoms with van der Waals surface area (Å²) in [4.78, 5) is 39.8. The number of carbonyl (C=O) groups excluding carboxylic acids is 3. The Morgan fingerprint density at radius 3 is 2.18 bits per heavy atom. The van der Waals surface area contributed by atoms with Crippen molar-refractivity contribution in [3.8, 4) is 0 Å². The normalized spacial score (nSPS) is 12.9. The van der Waals surface area contributed by atoms with E-state index in [0.29, 0.717) is 12.5 Å². The third-order valence-electron chi connectivity index (χ3n) is 5.62. The van der Waals surface area contributed by atoms with Crippen molar-refractivity contribution in [3.05, 3.63) is 64.7 Å². The van der Waals surface area contributed by atoms with Crippen LogP contribution in [0.25, 0.3) is 0 Å². The number of nitrogens with two attached hydrogens (primary N) is 3. The Morgan fingerprint density at radius 2 is 1.61 bits per heavy atom. The van der Waals surface area contributed by atoms with E-state index in [4.69, 9.17) is 28.8 Å². The van der Waals surface area contributed by atoms with Crippen LogP contribution < -0.4 is 27.8 Å². The largest absolute Gasteiger partial charge is 0.418 e. The fourth-order valence-electron chi connectivity index (χ4n) is 3.67. The molecule has 0 aliphatic rings. The summed E-state index contributed by atoms with van der Waals surface area (Å²) in [5, 5.41) is 4.57.